The Labute approximate surface area is 137 Å². The first kappa shape index (κ1) is 14.1. The maximum atomic E-state index is 3.72. The van der Waals surface area contributed by atoms with Gasteiger partial charge in [-0.25, -0.2) is 0 Å². The first-order valence-electron chi connectivity index (χ1n) is 8.25. The van der Waals surface area contributed by atoms with Crippen molar-refractivity contribution in [2.45, 2.75) is 26.7 Å². The van der Waals surface area contributed by atoms with E-state index in [1.165, 1.54) is 44.8 Å². The lowest BCUT2D eigenvalue weighted by molar-refractivity contribution is 1.12. The molecule has 2 aromatic carbocycles. The molecule has 0 spiro atoms. The van der Waals surface area contributed by atoms with Crippen molar-refractivity contribution in [1.82, 2.24) is 4.98 Å². The molecule has 0 amide bonds. The molecule has 0 bridgehead atoms. The molecule has 1 aliphatic rings. The Bertz CT molecular complexity index is 790. The predicted molar refractivity (Wildman–Crippen MR) is 97.7 cm³/mol. The Balaban J connectivity index is 1.88. The van der Waals surface area contributed by atoms with Crippen LogP contribution in [0.5, 0.6) is 0 Å². The van der Waals surface area contributed by atoms with Crippen LogP contribution in [0.15, 0.2) is 60.7 Å². The molecule has 0 atom stereocenters. The number of hydrogen-bond donors (Lipinski definition) is 1. The van der Waals surface area contributed by atoms with Crippen LogP contribution in [-0.2, 0) is 12.8 Å². The zero-order valence-corrected chi connectivity index (χ0v) is 13.7. The monoisotopic (exact) mass is 299 g/mol. The highest BCUT2D eigenvalue weighted by Crippen LogP contribution is 2.36. The minimum Gasteiger partial charge on any atom is -0.354 e. The zero-order valence-electron chi connectivity index (χ0n) is 13.7. The number of rotatable bonds is 2. The molecule has 0 saturated carbocycles. The van der Waals surface area contributed by atoms with Gasteiger partial charge in [-0.2, -0.15) is 0 Å². The summed E-state index contributed by atoms with van der Waals surface area (Å²) in [4.78, 5) is 3.72. The Morgan fingerprint density at radius 3 is 1.39 bits per heavy atom. The van der Waals surface area contributed by atoms with E-state index in [2.05, 4.69) is 79.5 Å². The van der Waals surface area contributed by atoms with E-state index in [0.717, 1.165) is 12.8 Å². The summed E-state index contributed by atoms with van der Waals surface area (Å²) in [7, 11) is 0. The fraction of sp³-hybridized carbons (Fsp3) is 0.182. The van der Waals surface area contributed by atoms with Crippen molar-refractivity contribution in [3.8, 4) is 22.5 Å². The fourth-order valence-corrected chi connectivity index (χ4v) is 3.36. The number of fused-ring (bicyclic) bond motifs is 1. The van der Waals surface area contributed by atoms with Gasteiger partial charge >= 0.3 is 0 Å². The molecule has 4 rings (SSSR count). The van der Waals surface area contributed by atoms with Gasteiger partial charge in [0.1, 0.15) is 0 Å². The molecule has 1 aromatic heterocycles. The minimum absolute atomic E-state index is 1.01. The van der Waals surface area contributed by atoms with E-state index in [4.69, 9.17) is 0 Å². The SMILES string of the molecule is Cc1ccc(-c2[nH]c(-c3ccc(C)cc3)c3c2CC=CC3)cc1. The van der Waals surface area contributed by atoms with Crippen LogP contribution in [0.3, 0.4) is 0 Å². The van der Waals surface area contributed by atoms with Gasteiger partial charge in [-0.3, -0.25) is 0 Å². The van der Waals surface area contributed by atoms with Crippen LogP contribution in [0.25, 0.3) is 22.5 Å². The molecule has 0 radical (unpaired) electrons. The van der Waals surface area contributed by atoms with E-state index >= 15 is 0 Å². The Kier molecular flexibility index (Phi) is 3.42. The molecular weight excluding hydrogens is 278 g/mol. The van der Waals surface area contributed by atoms with Gasteiger partial charge in [-0.05, 0) is 48.9 Å². The number of allylic oxidation sites excluding steroid dienone is 2. The van der Waals surface area contributed by atoms with Crippen LogP contribution in [-0.4, -0.2) is 4.98 Å². The number of H-pyrrole nitrogens is 1. The normalized spacial score (nSPS) is 13.1. The number of nitrogens with one attached hydrogen (secondary N) is 1. The molecule has 1 heterocycles. The summed E-state index contributed by atoms with van der Waals surface area (Å²) >= 11 is 0. The number of aromatic amines is 1. The van der Waals surface area contributed by atoms with E-state index in [0.29, 0.717) is 0 Å². The third-order valence-corrected chi connectivity index (χ3v) is 4.71. The third-order valence-electron chi connectivity index (χ3n) is 4.71. The van der Waals surface area contributed by atoms with Crippen LogP contribution in [0.1, 0.15) is 22.3 Å². The van der Waals surface area contributed by atoms with E-state index in [1.807, 2.05) is 0 Å². The van der Waals surface area contributed by atoms with Crippen molar-refractivity contribution < 1.29 is 0 Å². The summed E-state index contributed by atoms with van der Waals surface area (Å²) in [5.74, 6) is 0. The lowest BCUT2D eigenvalue weighted by atomic mass is 9.93. The molecule has 1 N–H and O–H groups in total. The summed E-state index contributed by atoms with van der Waals surface area (Å²) in [5, 5.41) is 0. The van der Waals surface area contributed by atoms with E-state index in [-0.39, 0.29) is 0 Å². The molecule has 1 nitrogen and oxygen atoms in total. The molecular formula is C22H21N. The summed E-state index contributed by atoms with van der Waals surface area (Å²) in [5.41, 5.74) is 10.6. The summed E-state index contributed by atoms with van der Waals surface area (Å²) in [6, 6.07) is 17.6. The van der Waals surface area contributed by atoms with Gasteiger partial charge in [0.15, 0.2) is 0 Å². The second-order valence-electron chi connectivity index (χ2n) is 6.44. The van der Waals surface area contributed by atoms with Gasteiger partial charge in [0.25, 0.3) is 0 Å². The summed E-state index contributed by atoms with van der Waals surface area (Å²) in [6.07, 6.45) is 6.60. The first-order valence-corrected chi connectivity index (χ1v) is 8.25. The largest absolute Gasteiger partial charge is 0.354 e. The van der Waals surface area contributed by atoms with Crippen molar-refractivity contribution in [2.75, 3.05) is 0 Å². The van der Waals surface area contributed by atoms with Crippen LogP contribution in [0.2, 0.25) is 0 Å². The van der Waals surface area contributed by atoms with Crippen LogP contribution >= 0.6 is 0 Å². The number of aryl methyl sites for hydroxylation is 2. The van der Waals surface area contributed by atoms with E-state index in [1.54, 1.807) is 0 Å². The molecule has 0 aliphatic heterocycles. The Hall–Kier alpha value is -2.54. The second kappa shape index (κ2) is 5.58. The average Bonchev–Trinajstić information content (AvgIpc) is 2.96. The van der Waals surface area contributed by atoms with E-state index < -0.39 is 0 Å². The van der Waals surface area contributed by atoms with Gasteiger partial charge in [0, 0.05) is 11.4 Å². The summed E-state index contributed by atoms with van der Waals surface area (Å²) in [6.45, 7) is 4.27. The zero-order chi connectivity index (χ0) is 15.8. The number of hydrogen-bond acceptors (Lipinski definition) is 0. The number of aromatic nitrogens is 1. The molecule has 3 aromatic rings. The van der Waals surface area contributed by atoms with Gasteiger partial charge in [0.2, 0.25) is 0 Å². The average molecular weight is 299 g/mol. The van der Waals surface area contributed by atoms with Gasteiger partial charge in [-0.15, -0.1) is 0 Å². The van der Waals surface area contributed by atoms with Gasteiger partial charge < -0.3 is 4.98 Å². The van der Waals surface area contributed by atoms with Crippen molar-refractivity contribution in [1.29, 1.82) is 0 Å². The molecule has 0 unspecified atom stereocenters. The minimum atomic E-state index is 1.01. The third kappa shape index (κ3) is 2.53. The molecule has 1 heteroatoms. The van der Waals surface area contributed by atoms with Crippen LogP contribution in [0, 0.1) is 13.8 Å². The van der Waals surface area contributed by atoms with Crippen LogP contribution < -0.4 is 0 Å². The van der Waals surface area contributed by atoms with Crippen LogP contribution in [0.4, 0.5) is 0 Å². The van der Waals surface area contributed by atoms with E-state index in [9.17, 15) is 0 Å². The molecule has 1 aliphatic carbocycles. The highest BCUT2D eigenvalue weighted by molar-refractivity contribution is 5.77. The van der Waals surface area contributed by atoms with Crippen molar-refractivity contribution in [3.05, 3.63) is 82.9 Å². The quantitative estimate of drug-likeness (QED) is 0.591. The lowest BCUT2D eigenvalue weighted by Gasteiger charge is -2.10. The topological polar surface area (TPSA) is 15.8 Å². The van der Waals surface area contributed by atoms with Gasteiger partial charge in [0.05, 0.1) is 0 Å². The van der Waals surface area contributed by atoms with Gasteiger partial charge in [-0.1, -0.05) is 71.8 Å². The predicted octanol–water partition coefficient (Wildman–Crippen LogP) is 5.62. The lowest BCUT2D eigenvalue weighted by Crippen LogP contribution is -1.96. The van der Waals surface area contributed by atoms with Crippen molar-refractivity contribution in [3.63, 3.8) is 0 Å². The van der Waals surface area contributed by atoms with Crippen molar-refractivity contribution in [2.24, 2.45) is 0 Å². The molecule has 114 valence electrons. The Morgan fingerprint density at radius 2 is 1.00 bits per heavy atom. The second-order valence-corrected chi connectivity index (χ2v) is 6.44. The molecule has 0 saturated heterocycles. The summed E-state index contributed by atoms with van der Waals surface area (Å²) < 4.78 is 0. The van der Waals surface area contributed by atoms with Crippen molar-refractivity contribution >= 4 is 0 Å². The smallest absolute Gasteiger partial charge is 0.0497 e. The first-order chi connectivity index (χ1) is 11.2. The maximum absolute atomic E-state index is 3.72. The highest BCUT2D eigenvalue weighted by Gasteiger charge is 2.19. The molecule has 0 fully saturated rings. The standard InChI is InChI=1S/C22H21N/c1-15-7-11-17(12-8-15)21-19-5-3-4-6-20(19)22(23-21)18-13-9-16(2)10-14-18/h3-4,7-14,23H,5-6H2,1-2H3. The maximum Gasteiger partial charge on any atom is 0.0497 e. The fourth-order valence-electron chi connectivity index (χ4n) is 3.36. The Morgan fingerprint density at radius 1 is 0.609 bits per heavy atom. The number of benzene rings is 2. The molecule has 23 heavy (non-hydrogen) atoms. The highest BCUT2D eigenvalue weighted by atomic mass is 14.7.